The molecule has 1 aliphatic heterocycles. The molecule has 0 radical (unpaired) electrons. The van der Waals surface area contributed by atoms with Crippen LogP contribution in [-0.4, -0.2) is 37.9 Å². The van der Waals surface area contributed by atoms with Gasteiger partial charge < -0.3 is 10.1 Å². The number of rotatable bonds is 6. The van der Waals surface area contributed by atoms with Crippen LogP contribution >= 0.6 is 0 Å². The van der Waals surface area contributed by atoms with Crippen LogP contribution in [0, 0.1) is 5.92 Å². The van der Waals surface area contributed by atoms with Crippen molar-refractivity contribution < 1.29 is 0 Å². The molecule has 0 aromatic heterocycles. The van der Waals surface area contributed by atoms with Crippen molar-refractivity contribution in [3.05, 3.63) is 49.0 Å². The Hall–Kier alpha value is -1.06. The van der Waals surface area contributed by atoms with E-state index in [1.54, 1.807) is 0 Å². The highest BCUT2D eigenvalue weighted by Crippen LogP contribution is 2.17. The molecule has 0 amide bonds. The average Bonchev–Trinajstić information content (AvgIpc) is 2.44. The first-order valence-electron chi connectivity index (χ1n) is 7.76. The van der Waals surface area contributed by atoms with Crippen molar-refractivity contribution in [1.82, 2.24) is 10.1 Å². The molecule has 0 bridgehead atoms. The van der Waals surface area contributed by atoms with Crippen LogP contribution in [0.1, 0.15) is 26.7 Å². The lowest BCUT2D eigenvalue weighted by molar-refractivity contribution is 0.255. The zero-order valence-corrected chi connectivity index (χ0v) is 13.1. The smallest absolute Gasteiger partial charge is 0.238 e. The highest BCUT2D eigenvalue weighted by Gasteiger charge is 2.21. The number of nitrogens with one attached hydrogen (secondary N) is 1. The van der Waals surface area contributed by atoms with Gasteiger partial charge in [-0.15, -0.1) is 0 Å². The van der Waals surface area contributed by atoms with Gasteiger partial charge in [0.05, 0.1) is 0 Å². The highest BCUT2D eigenvalue weighted by atomic mass is 15.1. The van der Waals surface area contributed by atoms with Gasteiger partial charge >= 0.3 is 0 Å². The molecule has 0 aromatic rings. The maximum Gasteiger partial charge on any atom is 0.238 e. The van der Waals surface area contributed by atoms with Gasteiger partial charge in [-0.05, 0) is 24.9 Å². The van der Waals surface area contributed by atoms with E-state index in [0.717, 1.165) is 26.4 Å². The molecule has 110 valence electrons. The van der Waals surface area contributed by atoms with Gasteiger partial charge in [-0.3, -0.25) is 0 Å². The Balaban J connectivity index is 2.70. The maximum absolute atomic E-state index is 3.81. The Kier molecular flexibility index (Phi) is 8.32. The molecule has 1 rings (SSSR count). The van der Waals surface area contributed by atoms with Gasteiger partial charge in [0.1, 0.15) is 0 Å². The third kappa shape index (κ3) is 5.93. The van der Waals surface area contributed by atoms with E-state index < -0.39 is 0 Å². The summed E-state index contributed by atoms with van der Waals surface area (Å²) in [6.45, 7) is 15.6. The van der Waals surface area contributed by atoms with E-state index in [9.17, 15) is 0 Å². The topological polar surface area (TPSA) is 15.3 Å². The molecular formula is C17H29BN2. The van der Waals surface area contributed by atoms with E-state index >= 15 is 0 Å². The molecule has 2 atom stereocenters. The van der Waals surface area contributed by atoms with Gasteiger partial charge in [-0.25, -0.2) is 0 Å². The van der Waals surface area contributed by atoms with Gasteiger partial charge in [0, 0.05) is 13.1 Å². The maximum atomic E-state index is 3.81. The van der Waals surface area contributed by atoms with Crippen molar-refractivity contribution in [2.24, 2.45) is 5.92 Å². The summed E-state index contributed by atoms with van der Waals surface area (Å²) in [6, 6.07) is 0.632. The van der Waals surface area contributed by atoms with Crippen molar-refractivity contribution in [3.63, 3.8) is 0 Å². The first-order valence-corrected chi connectivity index (χ1v) is 7.76. The molecule has 2 unspecified atom stereocenters. The Morgan fingerprint density at radius 3 is 2.85 bits per heavy atom. The third-order valence-corrected chi connectivity index (χ3v) is 4.05. The summed E-state index contributed by atoms with van der Waals surface area (Å²) in [6.07, 6.45) is 12.4. The summed E-state index contributed by atoms with van der Waals surface area (Å²) in [5.41, 5.74) is 1.29. The normalized spacial score (nSPS) is 26.0. The van der Waals surface area contributed by atoms with Crippen molar-refractivity contribution >= 4 is 7.41 Å². The van der Waals surface area contributed by atoms with E-state index in [1.165, 1.54) is 24.9 Å². The quantitative estimate of drug-likeness (QED) is 0.591. The van der Waals surface area contributed by atoms with Crippen LogP contribution in [0.3, 0.4) is 0 Å². The van der Waals surface area contributed by atoms with Crippen molar-refractivity contribution in [1.29, 1.82) is 0 Å². The van der Waals surface area contributed by atoms with Crippen LogP contribution in [0.4, 0.5) is 0 Å². The van der Waals surface area contributed by atoms with Crippen LogP contribution in [0.25, 0.3) is 0 Å². The molecule has 1 fully saturated rings. The van der Waals surface area contributed by atoms with Crippen LogP contribution in [0.5, 0.6) is 0 Å². The van der Waals surface area contributed by atoms with Gasteiger partial charge in [0.25, 0.3) is 0 Å². The van der Waals surface area contributed by atoms with Crippen LogP contribution in [0.15, 0.2) is 49.0 Å². The Bertz CT molecular complexity index is 360. The molecule has 0 saturated carbocycles. The molecule has 0 spiro atoms. The van der Waals surface area contributed by atoms with Crippen molar-refractivity contribution in [3.8, 4) is 0 Å². The van der Waals surface area contributed by atoms with Gasteiger partial charge in [-0.1, -0.05) is 69.3 Å². The lowest BCUT2D eigenvalue weighted by Crippen LogP contribution is -2.46. The molecular weight excluding hydrogens is 243 g/mol. The van der Waals surface area contributed by atoms with E-state index in [2.05, 4.69) is 49.3 Å². The summed E-state index contributed by atoms with van der Waals surface area (Å²) in [5.74, 6) is 0.795. The summed E-state index contributed by atoms with van der Waals surface area (Å²) in [7, 11) is 0.982. The molecule has 1 heterocycles. The summed E-state index contributed by atoms with van der Waals surface area (Å²) < 4.78 is 0. The first-order chi connectivity index (χ1) is 9.71. The van der Waals surface area contributed by atoms with Crippen LogP contribution < -0.4 is 5.32 Å². The fourth-order valence-corrected chi connectivity index (χ4v) is 2.75. The SMILES string of the molecule is C=C/C=C\C(BN1CCNCC(CC)CC1C)=C/C=C. The number of allylic oxidation sites excluding steroid dienone is 6. The lowest BCUT2D eigenvalue weighted by Gasteiger charge is -2.34. The molecule has 1 saturated heterocycles. The van der Waals surface area contributed by atoms with Crippen LogP contribution in [0.2, 0.25) is 0 Å². The number of hydrogen-bond donors (Lipinski definition) is 1. The largest absolute Gasteiger partial charge is 0.337 e. The summed E-state index contributed by atoms with van der Waals surface area (Å²) in [4.78, 5) is 2.57. The Morgan fingerprint density at radius 1 is 1.40 bits per heavy atom. The van der Waals surface area contributed by atoms with E-state index in [4.69, 9.17) is 0 Å². The zero-order valence-electron chi connectivity index (χ0n) is 13.1. The Morgan fingerprint density at radius 2 is 2.20 bits per heavy atom. The number of hydrogen-bond acceptors (Lipinski definition) is 2. The minimum atomic E-state index is 0.632. The molecule has 1 N–H and O–H groups in total. The molecule has 1 aliphatic rings. The third-order valence-electron chi connectivity index (χ3n) is 4.05. The van der Waals surface area contributed by atoms with Crippen LogP contribution in [-0.2, 0) is 0 Å². The average molecular weight is 272 g/mol. The summed E-state index contributed by atoms with van der Waals surface area (Å²) >= 11 is 0. The molecule has 0 aliphatic carbocycles. The molecule has 3 heteroatoms. The first kappa shape index (κ1) is 17.0. The van der Waals surface area contributed by atoms with E-state index in [0.29, 0.717) is 6.04 Å². The lowest BCUT2D eigenvalue weighted by atomic mass is 9.76. The minimum Gasteiger partial charge on any atom is -0.337 e. The minimum absolute atomic E-state index is 0.632. The summed E-state index contributed by atoms with van der Waals surface area (Å²) in [5, 5.41) is 3.57. The fraction of sp³-hybridized carbons (Fsp3) is 0.529. The highest BCUT2D eigenvalue weighted by molar-refractivity contribution is 6.43. The van der Waals surface area contributed by atoms with Crippen molar-refractivity contribution in [2.45, 2.75) is 32.7 Å². The van der Waals surface area contributed by atoms with Gasteiger partial charge in [0.2, 0.25) is 7.41 Å². The van der Waals surface area contributed by atoms with E-state index in [-0.39, 0.29) is 0 Å². The second-order valence-electron chi connectivity index (χ2n) is 5.61. The van der Waals surface area contributed by atoms with E-state index in [1.807, 2.05) is 18.2 Å². The predicted molar refractivity (Wildman–Crippen MR) is 92.2 cm³/mol. The molecule has 2 nitrogen and oxygen atoms in total. The fourth-order valence-electron chi connectivity index (χ4n) is 2.75. The predicted octanol–water partition coefficient (Wildman–Crippen LogP) is 2.86. The van der Waals surface area contributed by atoms with Gasteiger partial charge in [-0.2, -0.15) is 0 Å². The second-order valence-corrected chi connectivity index (χ2v) is 5.61. The molecule has 20 heavy (non-hydrogen) atoms. The monoisotopic (exact) mass is 272 g/mol. The Labute approximate surface area is 125 Å². The van der Waals surface area contributed by atoms with Gasteiger partial charge in [0.15, 0.2) is 0 Å². The van der Waals surface area contributed by atoms with Crippen molar-refractivity contribution in [2.75, 3.05) is 19.6 Å². The standard InChI is InChI=1S/C17H29BN2/c1-5-8-10-17(9-6-2)18-20-12-11-19-14-16(7-3)13-15(20)4/h5-6,8-10,15-16,18-19H,1-2,7,11-14H2,3-4H3/b10-8-,17-9+. The second kappa shape index (κ2) is 9.79. The zero-order chi connectivity index (χ0) is 14.8. The number of nitrogens with zero attached hydrogens (tertiary/aromatic N) is 1. The molecule has 0 aromatic carbocycles.